The third kappa shape index (κ3) is 2.98. The Morgan fingerprint density at radius 2 is 1.95 bits per heavy atom. The molecular formula is C14H19Cl2NO2S. The molecule has 0 unspecified atom stereocenters. The van der Waals surface area contributed by atoms with Crippen molar-refractivity contribution in [3.8, 4) is 0 Å². The van der Waals surface area contributed by atoms with Crippen LogP contribution >= 0.6 is 23.2 Å². The van der Waals surface area contributed by atoms with Gasteiger partial charge < -0.3 is 0 Å². The lowest BCUT2D eigenvalue weighted by Crippen LogP contribution is -2.43. The molecule has 1 aliphatic heterocycles. The van der Waals surface area contributed by atoms with E-state index in [-0.39, 0.29) is 16.0 Å². The zero-order valence-electron chi connectivity index (χ0n) is 11.7. The van der Waals surface area contributed by atoms with Gasteiger partial charge in [0.2, 0.25) is 10.0 Å². The summed E-state index contributed by atoms with van der Waals surface area (Å²) in [4.78, 5) is 0.168. The fourth-order valence-electron chi connectivity index (χ4n) is 2.65. The molecule has 20 heavy (non-hydrogen) atoms. The number of benzene rings is 1. The van der Waals surface area contributed by atoms with E-state index in [2.05, 4.69) is 0 Å². The third-order valence-electron chi connectivity index (χ3n) is 3.84. The van der Waals surface area contributed by atoms with Gasteiger partial charge in [0.1, 0.15) is 4.90 Å². The summed E-state index contributed by atoms with van der Waals surface area (Å²) < 4.78 is 27.3. The highest BCUT2D eigenvalue weighted by atomic mass is 35.5. The molecule has 0 N–H and O–H groups in total. The van der Waals surface area contributed by atoms with E-state index in [0.29, 0.717) is 11.6 Å². The van der Waals surface area contributed by atoms with Crippen LogP contribution in [0.1, 0.15) is 38.2 Å². The second-order valence-electron chi connectivity index (χ2n) is 5.21. The molecule has 0 aliphatic carbocycles. The van der Waals surface area contributed by atoms with Crippen LogP contribution in [0.25, 0.3) is 0 Å². The minimum atomic E-state index is -3.55. The number of nitrogens with zero attached hydrogens (tertiary/aromatic N) is 1. The molecule has 1 aromatic carbocycles. The normalized spacial score (nSPS) is 21.1. The first-order valence-electron chi connectivity index (χ1n) is 6.85. The first-order chi connectivity index (χ1) is 9.37. The fourth-order valence-corrected chi connectivity index (χ4v) is 5.23. The molecule has 0 radical (unpaired) electrons. The van der Waals surface area contributed by atoms with Crippen molar-refractivity contribution in [1.82, 2.24) is 4.31 Å². The molecule has 1 atom stereocenters. The molecule has 0 amide bonds. The average molecular weight is 336 g/mol. The first kappa shape index (κ1) is 16.1. The molecule has 0 bridgehead atoms. The van der Waals surface area contributed by atoms with Crippen LogP contribution in [0.3, 0.4) is 0 Å². The topological polar surface area (TPSA) is 37.4 Å². The Labute approximate surface area is 130 Å². The number of rotatable bonds is 3. The van der Waals surface area contributed by atoms with Gasteiger partial charge in [-0.15, -0.1) is 0 Å². The molecule has 2 rings (SSSR count). The summed E-state index contributed by atoms with van der Waals surface area (Å²) in [6.07, 6.45) is 3.72. The second kappa shape index (κ2) is 6.22. The van der Waals surface area contributed by atoms with Crippen molar-refractivity contribution in [2.75, 3.05) is 6.54 Å². The molecular weight excluding hydrogens is 317 g/mol. The van der Waals surface area contributed by atoms with E-state index < -0.39 is 10.0 Å². The molecule has 1 heterocycles. The number of halogens is 2. The number of piperidine rings is 1. The van der Waals surface area contributed by atoms with E-state index in [1.165, 1.54) is 6.07 Å². The lowest BCUT2D eigenvalue weighted by molar-refractivity contribution is 0.246. The van der Waals surface area contributed by atoms with Crippen LogP contribution in [0.2, 0.25) is 10.0 Å². The van der Waals surface area contributed by atoms with Crippen molar-refractivity contribution in [3.05, 3.63) is 27.7 Å². The molecule has 1 aliphatic rings. The molecule has 3 nitrogen and oxygen atoms in total. The van der Waals surface area contributed by atoms with Crippen molar-refractivity contribution in [3.63, 3.8) is 0 Å². The van der Waals surface area contributed by atoms with Gasteiger partial charge in [0.25, 0.3) is 0 Å². The maximum Gasteiger partial charge on any atom is 0.244 e. The number of hydrogen-bond donors (Lipinski definition) is 0. The minimum Gasteiger partial charge on any atom is -0.207 e. The largest absolute Gasteiger partial charge is 0.244 e. The number of sulfonamides is 1. The highest BCUT2D eigenvalue weighted by molar-refractivity contribution is 7.89. The molecule has 1 saturated heterocycles. The molecule has 0 spiro atoms. The monoisotopic (exact) mass is 335 g/mol. The quantitative estimate of drug-likeness (QED) is 0.827. The molecule has 112 valence electrons. The Morgan fingerprint density at radius 3 is 2.60 bits per heavy atom. The predicted molar refractivity (Wildman–Crippen MR) is 83.0 cm³/mol. The summed E-state index contributed by atoms with van der Waals surface area (Å²) in [5, 5.41) is 0.681. The van der Waals surface area contributed by atoms with Crippen LogP contribution in [0.4, 0.5) is 0 Å². The molecule has 1 aromatic rings. The summed E-state index contributed by atoms with van der Waals surface area (Å²) in [5.41, 5.74) is 0.722. The van der Waals surface area contributed by atoms with Crippen LogP contribution in [-0.4, -0.2) is 25.3 Å². The highest BCUT2D eigenvalue weighted by Crippen LogP contribution is 2.33. The third-order valence-corrected chi connectivity index (χ3v) is 6.67. The van der Waals surface area contributed by atoms with Gasteiger partial charge in [-0.3, -0.25) is 0 Å². The Kier molecular flexibility index (Phi) is 5.00. The van der Waals surface area contributed by atoms with Crippen molar-refractivity contribution in [2.45, 2.75) is 50.5 Å². The zero-order valence-corrected chi connectivity index (χ0v) is 14.0. The minimum absolute atomic E-state index is 0.0702. The number of aryl methyl sites for hydroxylation is 1. The maximum absolute atomic E-state index is 12.8. The van der Waals surface area contributed by atoms with Gasteiger partial charge in [-0.2, -0.15) is 4.31 Å². The van der Waals surface area contributed by atoms with Crippen LogP contribution < -0.4 is 0 Å². The van der Waals surface area contributed by atoms with Gasteiger partial charge in [-0.25, -0.2) is 8.42 Å². The van der Waals surface area contributed by atoms with E-state index >= 15 is 0 Å². The smallest absolute Gasteiger partial charge is 0.207 e. The standard InChI is InChI=1S/C14H19Cl2NO2S/c1-3-11-6-4-5-7-17(11)20(18,19)14-8-10(2)12(15)9-13(14)16/h8-9,11H,3-7H2,1-2H3/t11-/m1/s1. The van der Waals surface area contributed by atoms with E-state index in [1.54, 1.807) is 17.3 Å². The van der Waals surface area contributed by atoms with E-state index in [9.17, 15) is 8.42 Å². The summed E-state index contributed by atoms with van der Waals surface area (Å²) in [6, 6.07) is 3.15. The summed E-state index contributed by atoms with van der Waals surface area (Å²) in [7, 11) is -3.55. The lowest BCUT2D eigenvalue weighted by atomic mass is 10.0. The van der Waals surface area contributed by atoms with Gasteiger partial charge in [0, 0.05) is 17.6 Å². The lowest BCUT2D eigenvalue weighted by Gasteiger charge is -2.34. The Balaban J connectivity index is 2.46. The van der Waals surface area contributed by atoms with Crippen LogP contribution in [-0.2, 0) is 10.0 Å². The van der Waals surface area contributed by atoms with E-state index in [4.69, 9.17) is 23.2 Å². The average Bonchev–Trinajstić information content (AvgIpc) is 2.42. The zero-order chi connectivity index (χ0) is 14.9. The van der Waals surface area contributed by atoms with Crippen molar-refractivity contribution < 1.29 is 8.42 Å². The van der Waals surface area contributed by atoms with Crippen molar-refractivity contribution in [2.24, 2.45) is 0 Å². The summed E-state index contributed by atoms with van der Waals surface area (Å²) in [5.74, 6) is 0. The molecule has 6 heteroatoms. The molecule has 0 aromatic heterocycles. The maximum atomic E-state index is 12.8. The molecule has 0 saturated carbocycles. The van der Waals surface area contributed by atoms with Gasteiger partial charge in [0.05, 0.1) is 5.02 Å². The second-order valence-corrected chi connectivity index (χ2v) is 7.88. The highest BCUT2D eigenvalue weighted by Gasteiger charge is 2.33. The van der Waals surface area contributed by atoms with Crippen molar-refractivity contribution in [1.29, 1.82) is 0 Å². The van der Waals surface area contributed by atoms with Gasteiger partial charge in [-0.1, -0.05) is 36.5 Å². The Morgan fingerprint density at radius 1 is 1.25 bits per heavy atom. The van der Waals surface area contributed by atoms with Crippen LogP contribution in [0.5, 0.6) is 0 Å². The van der Waals surface area contributed by atoms with Gasteiger partial charge in [0.15, 0.2) is 0 Å². The summed E-state index contributed by atoms with van der Waals surface area (Å²) in [6.45, 7) is 4.37. The Hall–Kier alpha value is -0.290. The van der Waals surface area contributed by atoms with Crippen LogP contribution in [0, 0.1) is 6.92 Å². The number of hydrogen-bond acceptors (Lipinski definition) is 2. The van der Waals surface area contributed by atoms with Crippen LogP contribution in [0.15, 0.2) is 17.0 Å². The summed E-state index contributed by atoms with van der Waals surface area (Å²) >= 11 is 12.1. The SMILES string of the molecule is CC[C@@H]1CCCCN1S(=O)(=O)c1cc(C)c(Cl)cc1Cl. The first-order valence-corrected chi connectivity index (χ1v) is 9.05. The van der Waals surface area contributed by atoms with Gasteiger partial charge in [-0.05, 0) is 43.9 Å². The van der Waals surface area contributed by atoms with Crippen molar-refractivity contribution >= 4 is 33.2 Å². The Bertz CT molecular complexity index is 601. The predicted octanol–water partition coefficient (Wildman–Crippen LogP) is 4.26. The van der Waals surface area contributed by atoms with E-state index in [0.717, 1.165) is 31.2 Å². The van der Waals surface area contributed by atoms with E-state index in [1.807, 2.05) is 6.92 Å². The molecule has 1 fully saturated rings. The van der Waals surface area contributed by atoms with Gasteiger partial charge >= 0.3 is 0 Å². The fraction of sp³-hybridized carbons (Fsp3) is 0.571.